The van der Waals surface area contributed by atoms with Crippen molar-refractivity contribution >= 4 is 7.82 Å². The van der Waals surface area contributed by atoms with Crippen molar-refractivity contribution in [2.24, 2.45) is 0 Å². The molecule has 0 aliphatic rings. The molecule has 6 N–H and O–H groups in total. The summed E-state index contributed by atoms with van der Waals surface area (Å²) >= 11 is 0. The van der Waals surface area contributed by atoms with E-state index in [4.69, 9.17) is 34.6 Å². The van der Waals surface area contributed by atoms with Gasteiger partial charge in [0, 0.05) is 0 Å². The summed E-state index contributed by atoms with van der Waals surface area (Å²) in [6.07, 6.45) is 22.0. The van der Waals surface area contributed by atoms with Crippen LogP contribution in [0.4, 0.5) is 0 Å². The van der Waals surface area contributed by atoms with Crippen molar-refractivity contribution in [2.75, 3.05) is 0 Å². The summed E-state index contributed by atoms with van der Waals surface area (Å²) in [7, 11) is -4.64. The summed E-state index contributed by atoms with van der Waals surface area (Å²) in [5.74, 6) is 0. The minimum absolute atomic E-state index is 0.0957. The molecule has 8 heteroatoms. The Hall–Kier alpha value is -0.0100. The highest BCUT2D eigenvalue weighted by Crippen LogP contribution is 2.25. The average molecular weight is 531 g/mol. The van der Waals surface area contributed by atoms with Crippen LogP contribution in [0.3, 0.4) is 0 Å². The molecule has 218 valence electrons. The molecule has 0 heterocycles. The SMILES string of the molecule is CCCCCCCC(C)O.CCCCCCCC(C)O.CCCCCCCC(C)O.O=P(O)(O)O. The predicted octanol–water partition coefficient (Wildman–Crippen LogP) is 7.25. The number of aliphatic hydroxyl groups is 3. The van der Waals surface area contributed by atoms with E-state index in [0.717, 1.165) is 19.3 Å². The smallest absolute Gasteiger partial charge is 0.393 e. The second-order valence-corrected chi connectivity index (χ2v) is 10.7. The summed E-state index contributed by atoms with van der Waals surface area (Å²) in [5, 5.41) is 26.7. The third-order valence-corrected chi connectivity index (χ3v) is 5.18. The molecule has 0 fully saturated rings. The molecule has 0 spiro atoms. The predicted molar refractivity (Wildman–Crippen MR) is 149 cm³/mol. The first-order valence-corrected chi connectivity index (χ1v) is 15.7. The fourth-order valence-electron chi connectivity index (χ4n) is 3.13. The maximum atomic E-state index is 8.91. The van der Waals surface area contributed by atoms with Gasteiger partial charge in [0.15, 0.2) is 0 Å². The number of phosphoric acid groups is 1. The molecule has 0 aromatic heterocycles. The first-order chi connectivity index (χ1) is 16.3. The maximum Gasteiger partial charge on any atom is 0.466 e. The van der Waals surface area contributed by atoms with Gasteiger partial charge in [0.2, 0.25) is 0 Å². The van der Waals surface area contributed by atoms with Crippen LogP contribution in [-0.4, -0.2) is 48.3 Å². The van der Waals surface area contributed by atoms with E-state index in [1.807, 2.05) is 20.8 Å². The molecule has 0 aliphatic carbocycles. The number of unbranched alkanes of at least 4 members (excludes halogenated alkanes) is 12. The molecular formula is C27H63O7P. The maximum absolute atomic E-state index is 8.91. The molecule has 3 unspecified atom stereocenters. The van der Waals surface area contributed by atoms with Crippen molar-refractivity contribution in [3.8, 4) is 0 Å². The number of hydrogen-bond donors (Lipinski definition) is 6. The molecule has 0 radical (unpaired) electrons. The molecule has 0 saturated carbocycles. The van der Waals surface area contributed by atoms with Crippen LogP contribution in [0.25, 0.3) is 0 Å². The first-order valence-electron chi connectivity index (χ1n) is 14.1. The Kier molecular flexibility index (Phi) is 40.9. The molecule has 35 heavy (non-hydrogen) atoms. The van der Waals surface area contributed by atoms with Gasteiger partial charge in [-0.3, -0.25) is 0 Å². The Bertz CT molecular complexity index is 348. The van der Waals surface area contributed by atoms with Gasteiger partial charge in [0.1, 0.15) is 0 Å². The lowest BCUT2D eigenvalue weighted by molar-refractivity contribution is 0.180. The zero-order valence-electron chi connectivity index (χ0n) is 24.0. The Balaban J connectivity index is -0.000000188. The Morgan fingerprint density at radius 1 is 0.457 bits per heavy atom. The van der Waals surface area contributed by atoms with Gasteiger partial charge >= 0.3 is 7.82 Å². The van der Waals surface area contributed by atoms with Gasteiger partial charge in [-0.15, -0.1) is 0 Å². The lowest BCUT2D eigenvalue weighted by Gasteiger charge is -2.02. The average Bonchev–Trinajstić information content (AvgIpc) is 2.72. The fraction of sp³-hybridized carbons (Fsp3) is 1.00. The first kappa shape index (κ1) is 42.1. The molecule has 7 nitrogen and oxygen atoms in total. The molecule has 0 saturated heterocycles. The lowest BCUT2D eigenvalue weighted by atomic mass is 10.1. The largest absolute Gasteiger partial charge is 0.466 e. The third kappa shape index (κ3) is 79.0. The quantitative estimate of drug-likeness (QED) is 0.0810. The second-order valence-electron chi connectivity index (χ2n) is 9.67. The summed E-state index contributed by atoms with van der Waals surface area (Å²) in [5.41, 5.74) is 0. The summed E-state index contributed by atoms with van der Waals surface area (Å²) < 4.78 is 8.88. The van der Waals surface area contributed by atoms with E-state index in [1.165, 1.54) is 96.3 Å². The van der Waals surface area contributed by atoms with Crippen LogP contribution in [0.1, 0.15) is 157 Å². The van der Waals surface area contributed by atoms with Crippen LogP contribution in [0.2, 0.25) is 0 Å². The van der Waals surface area contributed by atoms with Crippen molar-refractivity contribution in [1.29, 1.82) is 0 Å². The van der Waals surface area contributed by atoms with Crippen LogP contribution in [0, 0.1) is 0 Å². The number of rotatable bonds is 18. The summed E-state index contributed by atoms with van der Waals surface area (Å²) in [6.45, 7) is 12.2. The van der Waals surface area contributed by atoms with Crippen molar-refractivity contribution in [2.45, 2.75) is 175 Å². The minimum atomic E-state index is -4.64. The van der Waals surface area contributed by atoms with E-state index >= 15 is 0 Å². The highest BCUT2D eigenvalue weighted by molar-refractivity contribution is 7.45. The van der Waals surface area contributed by atoms with Crippen LogP contribution in [0.15, 0.2) is 0 Å². The Morgan fingerprint density at radius 2 is 0.629 bits per heavy atom. The van der Waals surface area contributed by atoms with Crippen LogP contribution < -0.4 is 0 Å². The Labute approximate surface area is 218 Å². The molecular weight excluding hydrogens is 467 g/mol. The van der Waals surface area contributed by atoms with Crippen LogP contribution >= 0.6 is 7.82 Å². The summed E-state index contributed by atoms with van der Waals surface area (Å²) in [6, 6.07) is 0. The van der Waals surface area contributed by atoms with Gasteiger partial charge in [-0.05, 0) is 40.0 Å². The third-order valence-electron chi connectivity index (χ3n) is 5.18. The molecule has 0 aromatic rings. The molecule has 0 aliphatic heterocycles. The number of hydrogen-bond acceptors (Lipinski definition) is 4. The van der Waals surface area contributed by atoms with E-state index in [9.17, 15) is 0 Å². The van der Waals surface area contributed by atoms with Crippen molar-refractivity contribution < 1.29 is 34.6 Å². The van der Waals surface area contributed by atoms with E-state index < -0.39 is 7.82 Å². The van der Waals surface area contributed by atoms with Crippen molar-refractivity contribution in [1.82, 2.24) is 0 Å². The van der Waals surface area contributed by atoms with Gasteiger partial charge in [-0.2, -0.15) is 0 Å². The summed E-state index contributed by atoms with van der Waals surface area (Å²) in [4.78, 5) is 21.6. The van der Waals surface area contributed by atoms with E-state index in [2.05, 4.69) is 20.8 Å². The normalized spacial score (nSPS) is 13.3. The van der Waals surface area contributed by atoms with E-state index in [0.29, 0.717) is 0 Å². The van der Waals surface area contributed by atoms with Crippen molar-refractivity contribution in [3.05, 3.63) is 0 Å². The van der Waals surface area contributed by atoms with E-state index in [-0.39, 0.29) is 18.3 Å². The van der Waals surface area contributed by atoms with Crippen molar-refractivity contribution in [3.63, 3.8) is 0 Å². The topological polar surface area (TPSA) is 138 Å². The zero-order chi connectivity index (χ0) is 28.0. The monoisotopic (exact) mass is 530 g/mol. The van der Waals surface area contributed by atoms with E-state index in [1.54, 1.807) is 0 Å². The fourth-order valence-corrected chi connectivity index (χ4v) is 3.13. The molecule has 0 aromatic carbocycles. The van der Waals surface area contributed by atoms with Gasteiger partial charge in [0.05, 0.1) is 18.3 Å². The van der Waals surface area contributed by atoms with Gasteiger partial charge in [0.25, 0.3) is 0 Å². The molecule has 3 atom stereocenters. The molecule has 0 amide bonds. The van der Waals surface area contributed by atoms with Crippen LogP contribution in [0.5, 0.6) is 0 Å². The lowest BCUT2D eigenvalue weighted by Crippen LogP contribution is -1.97. The van der Waals surface area contributed by atoms with Gasteiger partial charge < -0.3 is 30.0 Å². The van der Waals surface area contributed by atoms with Crippen LogP contribution in [-0.2, 0) is 4.57 Å². The standard InChI is InChI=1S/3C9H20O.H3O4P/c3*1-3-4-5-6-7-8-9(2)10;1-5(2,3)4/h3*9-10H,3-8H2,1-2H3;(H3,1,2,3,4). The Morgan fingerprint density at radius 3 is 0.771 bits per heavy atom. The zero-order valence-corrected chi connectivity index (χ0v) is 24.9. The minimum Gasteiger partial charge on any atom is -0.393 e. The molecule has 0 rings (SSSR count). The van der Waals surface area contributed by atoms with Gasteiger partial charge in [-0.1, -0.05) is 117 Å². The second kappa shape index (κ2) is 34.0. The highest BCUT2D eigenvalue weighted by Gasteiger charge is 2.00. The number of aliphatic hydroxyl groups excluding tert-OH is 3. The molecule has 0 bridgehead atoms. The highest BCUT2D eigenvalue weighted by atomic mass is 31.2. The van der Waals surface area contributed by atoms with Gasteiger partial charge in [-0.25, -0.2) is 4.57 Å².